The van der Waals surface area contributed by atoms with E-state index in [1.807, 2.05) is 12.1 Å². The lowest BCUT2D eigenvalue weighted by atomic mass is 10.1. The number of carbonyl (C=O) groups excluding carboxylic acids is 1. The van der Waals surface area contributed by atoms with Crippen LogP contribution in [0.3, 0.4) is 0 Å². The van der Waals surface area contributed by atoms with Gasteiger partial charge in [-0.05, 0) is 48.8 Å². The van der Waals surface area contributed by atoms with Crippen molar-refractivity contribution in [1.82, 2.24) is 0 Å². The van der Waals surface area contributed by atoms with Crippen LogP contribution in [0, 0.1) is 5.92 Å². The Bertz CT molecular complexity index is 385. The third-order valence-corrected chi connectivity index (χ3v) is 4.43. The summed E-state index contributed by atoms with van der Waals surface area (Å²) in [7, 11) is 0. The van der Waals surface area contributed by atoms with Crippen LogP contribution in [0.2, 0.25) is 0 Å². The molecule has 0 aliphatic heterocycles. The van der Waals surface area contributed by atoms with Crippen LogP contribution in [0.25, 0.3) is 0 Å². The lowest BCUT2D eigenvalue weighted by Gasteiger charge is -2.08. The SMILES string of the molecule is Nc1ccc(NC(=O)CSCC2CCCC2)cc1. The predicted molar refractivity (Wildman–Crippen MR) is 78.8 cm³/mol. The molecule has 2 rings (SSSR count). The van der Waals surface area contributed by atoms with Gasteiger partial charge in [-0.15, -0.1) is 0 Å². The highest BCUT2D eigenvalue weighted by molar-refractivity contribution is 7.99. The Hall–Kier alpha value is -1.16. The number of nitrogens with one attached hydrogen (secondary N) is 1. The summed E-state index contributed by atoms with van der Waals surface area (Å²) >= 11 is 1.74. The molecule has 0 saturated heterocycles. The Morgan fingerprint density at radius 2 is 1.94 bits per heavy atom. The van der Waals surface area contributed by atoms with E-state index in [0.717, 1.165) is 17.4 Å². The van der Waals surface area contributed by atoms with Crippen LogP contribution in [0.4, 0.5) is 11.4 Å². The van der Waals surface area contributed by atoms with E-state index in [1.165, 1.54) is 25.7 Å². The van der Waals surface area contributed by atoms with Crippen molar-refractivity contribution >= 4 is 29.0 Å². The minimum Gasteiger partial charge on any atom is -0.399 e. The first kappa shape index (κ1) is 13.3. The van der Waals surface area contributed by atoms with Crippen molar-refractivity contribution in [2.45, 2.75) is 25.7 Å². The van der Waals surface area contributed by atoms with Crippen LogP contribution in [0.15, 0.2) is 24.3 Å². The lowest BCUT2D eigenvalue weighted by Crippen LogP contribution is -2.15. The van der Waals surface area contributed by atoms with Crippen LogP contribution in [0.1, 0.15) is 25.7 Å². The topological polar surface area (TPSA) is 55.1 Å². The minimum absolute atomic E-state index is 0.0720. The number of carbonyl (C=O) groups is 1. The Kier molecular flexibility index (Phi) is 4.93. The molecular formula is C14H20N2OS. The van der Waals surface area contributed by atoms with Crippen molar-refractivity contribution in [3.63, 3.8) is 0 Å². The van der Waals surface area contributed by atoms with Gasteiger partial charge in [-0.2, -0.15) is 11.8 Å². The molecule has 4 heteroatoms. The van der Waals surface area contributed by atoms with E-state index in [0.29, 0.717) is 11.4 Å². The van der Waals surface area contributed by atoms with Crippen LogP contribution >= 0.6 is 11.8 Å². The number of amides is 1. The van der Waals surface area contributed by atoms with Crippen LogP contribution in [-0.2, 0) is 4.79 Å². The number of nitrogen functional groups attached to an aromatic ring is 1. The van der Waals surface area contributed by atoms with E-state index in [4.69, 9.17) is 5.73 Å². The van der Waals surface area contributed by atoms with E-state index >= 15 is 0 Å². The van der Waals surface area contributed by atoms with Crippen molar-refractivity contribution < 1.29 is 4.79 Å². The van der Waals surface area contributed by atoms with Crippen molar-refractivity contribution in [2.75, 3.05) is 22.6 Å². The predicted octanol–water partition coefficient (Wildman–Crippen LogP) is 3.13. The van der Waals surface area contributed by atoms with Crippen molar-refractivity contribution in [3.8, 4) is 0 Å². The van der Waals surface area contributed by atoms with E-state index in [9.17, 15) is 4.79 Å². The van der Waals surface area contributed by atoms with Gasteiger partial charge in [-0.3, -0.25) is 4.79 Å². The molecule has 0 heterocycles. The second-order valence-corrected chi connectivity index (χ2v) is 5.87. The van der Waals surface area contributed by atoms with Gasteiger partial charge in [0, 0.05) is 11.4 Å². The molecule has 98 valence electrons. The van der Waals surface area contributed by atoms with Crippen LogP contribution in [0.5, 0.6) is 0 Å². The van der Waals surface area contributed by atoms with Gasteiger partial charge in [0.1, 0.15) is 0 Å². The van der Waals surface area contributed by atoms with Gasteiger partial charge in [0.05, 0.1) is 5.75 Å². The standard InChI is InChI=1S/C14H20N2OS/c15-12-5-7-13(8-6-12)16-14(17)10-18-9-11-3-1-2-4-11/h5-8,11H,1-4,9-10,15H2,(H,16,17). The molecule has 0 spiro atoms. The molecule has 1 aliphatic carbocycles. The third-order valence-electron chi connectivity index (χ3n) is 3.26. The average Bonchev–Trinajstić information content (AvgIpc) is 2.85. The molecule has 18 heavy (non-hydrogen) atoms. The summed E-state index contributed by atoms with van der Waals surface area (Å²) < 4.78 is 0. The Morgan fingerprint density at radius 3 is 2.61 bits per heavy atom. The van der Waals surface area contributed by atoms with E-state index < -0.39 is 0 Å². The summed E-state index contributed by atoms with van der Waals surface area (Å²) in [6, 6.07) is 7.24. The maximum atomic E-state index is 11.7. The first-order valence-electron chi connectivity index (χ1n) is 6.47. The number of nitrogens with two attached hydrogens (primary N) is 1. The molecule has 0 aromatic heterocycles. The second-order valence-electron chi connectivity index (χ2n) is 4.84. The molecule has 0 radical (unpaired) electrons. The Balaban J connectivity index is 1.66. The Labute approximate surface area is 113 Å². The highest BCUT2D eigenvalue weighted by Gasteiger charge is 2.15. The molecule has 1 aromatic carbocycles. The van der Waals surface area contributed by atoms with Gasteiger partial charge in [0.2, 0.25) is 5.91 Å². The zero-order valence-corrected chi connectivity index (χ0v) is 11.3. The molecule has 3 nitrogen and oxygen atoms in total. The summed E-state index contributed by atoms with van der Waals surface area (Å²) in [5, 5.41) is 2.88. The average molecular weight is 264 g/mol. The first-order valence-corrected chi connectivity index (χ1v) is 7.62. The maximum absolute atomic E-state index is 11.7. The summed E-state index contributed by atoms with van der Waals surface area (Å²) in [6.45, 7) is 0. The fourth-order valence-electron chi connectivity index (χ4n) is 2.26. The van der Waals surface area contributed by atoms with E-state index in [1.54, 1.807) is 23.9 Å². The normalized spacial score (nSPS) is 15.8. The lowest BCUT2D eigenvalue weighted by molar-refractivity contribution is -0.113. The van der Waals surface area contributed by atoms with E-state index in [-0.39, 0.29) is 5.91 Å². The first-order chi connectivity index (χ1) is 8.74. The smallest absolute Gasteiger partial charge is 0.234 e. The third kappa shape index (κ3) is 4.26. The number of anilines is 2. The van der Waals surface area contributed by atoms with E-state index in [2.05, 4.69) is 5.32 Å². The highest BCUT2D eigenvalue weighted by atomic mass is 32.2. The molecule has 1 aromatic rings. The Morgan fingerprint density at radius 1 is 1.28 bits per heavy atom. The molecular weight excluding hydrogens is 244 g/mol. The van der Waals surface area contributed by atoms with Gasteiger partial charge < -0.3 is 11.1 Å². The zero-order chi connectivity index (χ0) is 12.8. The summed E-state index contributed by atoms with van der Waals surface area (Å²) in [5.41, 5.74) is 7.12. The van der Waals surface area contributed by atoms with Gasteiger partial charge in [-0.1, -0.05) is 12.8 Å². The molecule has 3 N–H and O–H groups in total. The molecule has 0 bridgehead atoms. The number of rotatable bonds is 5. The molecule has 1 fully saturated rings. The van der Waals surface area contributed by atoms with Crippen molar-refractivity contribution in [2.24, 2.45) is 5.92 Å². The number of hydrogen-bond donors (Lipinski definition) is 2. The molecule has 1 saturated carbocycles. The number of hydrogen-bond acceptors (Lipinski definition) is 3. The number of thioether (sulfide) groups is 1. The molecule has 1 amide bonds. The maximum Gasteiger partial charge on any atom is 0.234 e. The van der Waals surface area contributed by atoms with Crippen LogP contribution < -0.4 is 11.1 Å². The van der Waals surface area contributed by atoms with Gasteiger partial charge >= 0.3 is 0 Å². The molecule has 1 aliphatic rings. The zero-order valence-electron chi connectivity index (χ0n) is 10.5. The monoisotopic (exact) mass is 264 g/mol. The molecule has 0 atom stereocenters. The fourth-order valence-corrected chi connectivity index (χ4v) is 3.30. The van der Waals surface area contributed by atoms with Gasteiger partial charge in [0.15, 0.2) is 0 Å². The molecule has 0 unspecified atom stereocenters. The minimum atomic E-state index is 0.0720. The van der Waals surface area contributed by atoms with Crippen molar-refractivity contribution in [1.29, 1.82) is 0 Å². The highest BCUT2D eigenvalue weighted by Crippen LogP contribution is 2.27. The van der Waals surface area contributed by atoms with Gasteiger partial charge in [-0.25, -0.2) is 0 Å². The largest absolute Gasteiger partial charge is 0.399 e. The van der Waals surface area contributed by atoms with Crippen LogP contribution in [-0.4, -0.2) is 17.4 Å². The second kappa shape index (κ2) is 6.69. The quantitative estimate of drug-likeness (QED) is 0.803. The summed E-state index contributed by atoms with van der Waals surface area (Å²) in [6.07, 6.45) is 5.41. The van der Waals surface area contributed by atoms with Crippen molar-refractivity contribution in [3.05, 3.63) is 24.3 Å². The fraction of sp³-hybridized carbons (Fsp3) is 0.500. The van der Waals surface area contributed by atoms with Gasteiger partial charge in [0.25, 0.3) is 0 Å². The summed E-state index contributed by atoms with van der Waals surface area (Å²) in [4.78, 5) is 11.7. The number of benzene rings is 1. The summed E-state index contributed by atoms with van der Waals surface area (Å²) in [5.74, 6) is 2.57.